The molecule has 1 aromatic heterocycles. The summed E-state index contributed by atoms with van der Waals surface area (Å²) in [5.41, 5.74) is 0. The summed E-state index contributed by atoms with van der Waals surface area (Å²) in [6.07, 6.45) is 3.65. The van der Waals surface area contributed by atoms with E-state index in [-0.39, 0.29) is 4.21 Å². The first-order valence-electron chi connectivity index (χ1n) is 6.56. The van der Waals surface area contributed by atoms with Crippen LogP contribution < -0.4 is 0 Å². The molecule has 6 heteroatoms. The zero-order valence-corrected chi connectivity index (χ0v) is 13.1. The van der Waals surface area contributed by atoms with E-state index in [0.29, 0.717) is 18.0 Å². The Kier molecular flexibility index (Phi) is 6.49. The first kappa shape index (κ1) is 16.2. The van der Waals surface area contributed by atoms with E-state index >= 15 is 0 Å². The van der Waals surface area contributed by atoms with E-state index in [2.05, 4.69) is 0 Å². The Bertz CT molecular complexity index is 521. The molecule has 19 heavy (non-hydrogen) atoms. The number of nitrogens with zero attached hydrogens (tertiary/aromatic N) is 2. The quantitative estimate of drug-likeness (QED) is 0.740. The van der Waals surface area contributed by atoms with Crippen LogP contribution in [-0.4, -0.2) is 25.8 Å². The van der Waals surface area contributed by atoms with Crippen molar-refractivity contribution in [2.75, 3.05) is 13.1 Å². The summed E-state index contributed by atoms with van der Waals surface area (Å²) in [5.74, 6) is 0. The van der Waals surface area contributed by atoms with Crippen LogP contribution in [0.5, 0.6) is 0 Å². The highest BCUT2D eigenvalue weighted by molar-refractivity contribution is 7.91. The number of rotatable bonds is 8. The molecule has 0 saturated carbocycles. The Morgan fingerprint density at radius 3 is 2.21 bits per heavy atom. The SMILES string of the molecule is CCCCN(CCCC)S(=O)(=O)c1ccc(C#N)s1. The van der Waals surface area contributed by atoms with Crippen LogP contribution >= 0.6 is 11.3 Å². The molecule has 106 valence electrons. The van der Waals surface area contributed by atoms with Crippen LogP contribution in [0.15, 0.2) is 16.3 Å². The molecule has 0 bridgehead atoms. The maximum atomic E-state index is 12.5. The van der Waals surface area contributed by atoms with Gasteiger partial charge in [0.25, 0.3) is 10.0 Å². The van der Waals surface area contributed by atoms with E-state index in [0.717, 1.165) is 37.0 Å². The van der Waals surface area contributed by atoms with E-state index < -0.39 is 10.0 Å². The molecule has 0 aliphatic heterocycles. The van der Waals surface area contributed by atoms with Gasteiger partial charge in [-0.15, -0.1) is 11.3 Å². The third-order valence-electron chi connectivity index (χ3n) is 2.81. The highest BCUT2D eigenvalue weighted by Crippen LogP contribution is 2.25. The summed E-state index contributed by atoms with van der Waals surface area (Å²) < 4.78 is 26.8. The van der Waals surface area contributed by atoms with Crippen molar-refractivity contribution in [1.29, 1.82) is 5.26 Å². The van der Waals surface area contributed by atoms with Crippen LogP contribution in [0, 0.1) is 11.3 Å². The third-order valence-corrected chi connectivity index (χ3v) is 6.16. The molecule has 1 aromatic rings. The van der Waals surface area contributed by atoms with Gasteiger partial charge in [0.15, 0.2) is 0 Å². The summed E-state index contributed by atoms with van der Waals surface area (Å²) in [6.45, 7) is 5.20. The molecule has 0 amide bonds. The highest BCUT2D eigenvalue weighted by Gasteiger charge is 2.25. The van der Waals surface area contributed by atoms with Crippen LogP contribution in [0.2, 0.25) is 0 Å². The van der Waals surface area contributed by atoms with Gasteiger partial charge < -0.3 is 0 Å². The van der Waals surface area contributed by atoms with Crippen molar-refractivity contribution in [3.8, 4) is 6.07 Å². The van der Waals surface area contributed by atoms with Crippen molar-refractivity contribution in [3.05, 3.63) is 17.0 Å². The monoisotopic (exact) mass is 300 g/mol. The van der Waals surface area contributed by atoms with E-state index in [9.17, 15) is 8.42 Å². The molecule has 0 fully saturated rings. The first-order valence-corrected chi connectivity index (χ1v) is 8.82. The molecule has 0 aromatic carbocycles. The molecule has 0 atom stereocenters. The Morgan fingerprint density at radius 2 is 1.79 bits per heavy atom. The van der Waals surface area contributed by atoms with Crippen LogP contribution in [0.3, 0.4) is 0 Å². The molecule has 0 N–H and O–H groups in total. The van der Waals surface area contributed by atoms with Gasteiger partial charge in [-0.3, -0.25) is 0 Å². The minimum Gasteiger partial charge on any atom is -0.206 e. The molecule has 0 aliphatic rings. The summed E-state index contributed by atoms with van der Waals surface area (Å²) >= 11 is 1.04. The van der Waals surface area contributed by atoms with Crippen LogP contribution in [0.1, 0.15) is 44.4 Å². The number of hydrogen-bond donors (Lipinski definition) is 0. The Morgan fingerprint density at radius 1 is 1.21 bits per heavy atom. The minimum atomic E-state index is -3.43. The summed E-state index contributed by atoms with van der Waals surface area (Å²) in [4.78, 5) is 0.435. The maximum absolute atomic E-state index is 12.5. The zero-order chi connectivity index (χ0) is 14.3. The number of nitriles is 1. The van der Waals surface area contributed by atoms with Gasteiger partial charge >= 0.3 is 0 Å². The van der Waals surface area contributed by atoms with Gasteiger partial charge in [-0.2, -0.15) is 9.57 Å². The van der Waals surface area contributed by atoms with Crippen molar-refractivity contribution in [1.82, 2.24) is 4.31 Å². The molecule has 0 spiro atoms. The first-order chi connectivity index (χ1) is 9.06. The second-order valence-electron chi connectivity index (χ2n) is 4.34. The maximum Gasteiger partial charge on any atom is 0.252 e. The molecule has 4 nitrogen and oxygen atoms in total. The Balaban J connectivity index is 2.94. The molecular formula is C13H20N2O2S2. The van der Waals surface area contributed by atoms with Gasteiger partial charge in [0.2, 0.25) is 0 Å². The third kappa shape index (κ3) is 4.30. The second-order valence-corrected chi connectivity index (χ2v) is 7.59. The molecule has 0 radical (unpaired) electrons. The standard InChI is InChI=1S/C13H20N2O2S2/c1-3-5-9-15(10-6-4-2)19(16,17)13-8-7-12(11-14)18-13/h7-8H,3-6,9-10H2,1-2H3. The minimum absolute atomic E-state index is 0.274. The molecular weight excluding hydrogens is 280 g/mol. The van der Waals surface area contributed by atoms with Crippen molar-refractivity contribution >= 4 is 21.4 Å². The van der Waals surface area contributed by atoms with Crippen molar-refractivity contribution in [2.45, 2.75) is 43.7 Å². The predicted octanol–water partition coefficient (Wildman–Crippen LogP) is 3.21. The lowest BCUT2D eigenvalue weighted by Gasteiger charge is -2.20. The highest BCUT2D eigenvalue weighted by atomic mass is 32.2. The largest absolute Gasteiger partial charge is 0.252 e. The summed E-state index contributed by atoms with van der Waals surface area (Å²) in [5, 5.41) is 8.79. The number of thiophene rings is 1. The summed E-state index contributed by atoms with van der Waals surface area (Å²) in [7, 11) is -3.43. The van der Waals surface area contributed by atoms with Crippen molar-refractivity contribution < 1.29 is 8.42 Å². The lowest BCUT2D eigenvalue weighted by molar-refractivity contribution is 0.396. The van der Waals surface area contributed by atoms with Gasteiger partial charge in [-0.05, 0) is 25.0 Å². The second kappa shape index (κ2) is 7.63. The average molecular weight is 300 g/mol. The molecule has 0 aliphatic carbocycles. The zero-order valence-electron chi connectivity index (χ0n) is 11.4. The van der Waals surface area contributed by atoms with E-state index in [1.54, 1.807) is 10.4 Å². The number of hydrogen-bond acceptors (Lipinski definition) is 4. The van der Waals surface area contributed by atoms with E-state index in [4.69, 9.17) is 5.26 Å². The molecule has 0 saturated heterocycles. The summed E-state index contributed by atoms with van der Waals surface area (Å²) in [6, 6.07) is 5.08. The van der Waals surface area contributed by atoms with Gasteiger partial charge in [0, 0.05) is 13.1 Å². The van der Waals surface area contributed by atoms with Gasteiger partial charge in [-0.25, -0.2) is 8.42 Å². The van der Waals surface area contributed by atoms with Crippen molar-refractivity contribution in [2.24, 2.45) is 0 Å². The topological polar surface area (TPSA) is 61.2 Å². The van der Waals surface area contributed by atoms with Gasteiger partial charge in [0.1, 0.15) is 15.2 Å². The van der Waals surface area contributed by atoms with E-state index in [1.807, 2.05) is 19.9 Å². The number of sulfonamides is 1. The van der Waals surface area contributed by atoms with Crippen LogP contribution in [-0.2, 0) is 10.0 Å². The van der Waals surface area contributed by atoms with Gasteiger partial charge in [0.05, 0.1) is 0 Å². The average Bonchev–Trinajstić information content (AvgIpc) is 2.88. The van der Waals surface area contributed by atoms with Gasteiger partial charge in [-0.1, -0.05) is 26.7 Å². The fraction of sp³-hybridized carbons (Fsp3) is 0.615. The van der Waals surface area contributed by atoms with Crippen molar-refractivity contribution in [3.63, 3.8) is 0 Å². The van der Waals surface area contributed by atoms with Crippen LogP contribution in [0.25, 0.3) is 0 Å². The predicted molar refractivity (Wildman–Crippen MR) is 77.6 cm³/mol. The fourth-order valence-electron chi connectivity index (χ4n) is 1.67. The Labute approximate surface area is 119 Å². The number of unbranched alkanes of at least 4 members (excludes halogenated alkanes) is 2. The van der Waals surface area contributed by atoms with Crippen LogP contribution in [0.4, 0.5) is 0 Å². The normalized spacial score (nSPS) is 11.7. The smallest absolute Gasteiger partial charge is 0.206 e. The van der Waals surface area contributed by atoms with E-state index in [1.165, 1.54) is 6.07 Å². The molecule has 1 rings (SSSR count). The fourth-order valence-corrected chi connectivity index (χ4v) is 4.44. The molecule has 1 heterocycles. The lowest BCUT2D eigenvalue weighted by Crippen LogP contribution is -2.32. The lowest BCUT2D eigenvalue weighted by atomic mass is 10.3. The Hall–Kier alpha value is -0.900. The molecule has 0 unspecified atom stereocenters.